The summed E-state index contributed by atoms with van der Waals surface area (Å²) in [7, 11) is 0. The Labute approximate surface area is 355 Å². The van der Waals surface area contributed by atoms with Crippen LogP contribution in [-0.2, 0) is 28.6 Å². The van der Waals surface area contributed by atoms with E-state index in [1.54, 1.807) is 0 Å². The second kappa shape index (κ2) is 44.0. The third kappa shape index (κ3) is 45.3. The summed E-state index contributed by atoms with van der Waals surface area (Å²) in [6.07, 6.45) is 43.8. The lowest BCUT2D eigenvalue weighted by Gasteiger charge is -2.18. The van der Waals surface area contributed by atoms with E-state index in [-0.39, 0.29) is 31.1 Å². The fourth-order valence-electron chi connectivity index (χ4n) is 7.64. The summed E-state index contributed by atoms with van der Waals surface area (Å²) in [5.41, 5.74) is 0. The molecule has 0 aliphatic heterocycles. The topological polar surface area (TPSA) is 78.9 Å². The van der Waals surface area contributed by atoms with Gasteiger partial charge in [0.05, 0.1) is 0 Å². The molecule has 6 heteroatoms. The van der Waals surface area contributed by atoms with Gasteiger partial charge < -0.3 is 14.2 Å². The molecule has 0 N–H and O–H groups in total. The molecule has 0 radical (unpaired) electrons. The zero-order valence-electron chi connectivity index (χ0n) is 39.0. The van der Waals surface area contributed by atoms with Crippen molar-refractivity contribution in [3.8, 4) is 0 Å². The minimum atomic E-state index is -0.761. The van der Waals surface area contributed by atoms with E-state index in [9.17, 15) is 14.4 Å². The Hall–Kier alpha value is -1.59. The molecule has 0 aliphatic carbocycles. The Morgan fingerprint density at radius 3 is 0.860 bits per heavy atom. The van der Waals surface area contributed by atoms with Crippen LogP contribution in [-0.4, -0.2) is 37.2 Å². The first kappa shape index (κ1) is 55.4. The van der Waals surface area contributed by atoms with Crippen LogP contribution in [0.15, 0.2) is 0 Å². The summed E-state index contributed by atoms with van der Waals surface area (Å²) in [4.78, 5) is 37.8. The second-order valence-electron chi connectivity index (χ2n) is 18.4. The highest BCUT2D eigenvalue weighted by Gasteiger charge is 2.19. The third-order valence-corrected chi connectivity index (χ3v) is 11.5. The normalized spacial score (nSPS) is 12.1. The maximum Gasteiger partial charge on any atom is 0.306 e. The van der Waals surface area contributed by atoms with E-state index in [2.05, 4.69) is 34.6 Å². The number of carbonyl (C=O) groups is 3. The van der Waals surface area contributed by atoms with Crippen LogP contribution in [0.2, 0.25) is 0 Å². The largest absolute Gasteiger partial charge is 0.462 e. The zero-order valence-corrected chi connectivity index (χ0v) is 39.0. The van der Waals surface area contributed by atoms with Gasteiger partial charge in [0.15, 0.2) is 6.10 Å². The maximum atomic E-state index is 12.7. The van der Waals surface area contributed by atoms with Gasteiger partial charge in [-0.3, -0.25) is 14.4 Å². The summed E-state index contributed by atoms with van der Waals surface area (Å²) in [6, 6.07) is 0. The smallest absolute Gasteiger partial charge is 0.306 e. The van der Waals surface area contributed by atoms with Crippen molar-refractivity contribution in [1.82, 2.24) is 0 Å². The van der Waals surface area contributed by atoms with Crippen molar-refractivity contribution < 1.29 is 28.6 Å². The Morgan fingerprint density at radius 2 is 0.579 bits per heavy atom. The minimum absolute atomic E-state index is 0.0642. The molecule has 6 nitrogen and oxygen atoms in total. The molecule has 0 amide bonds. The summed E-state index contributed by atoms with van der Waals surface area (Å²) < 4.78 is 16.8. The Kier molecular flexibility index (Phi) is 42.7. The maximum absolute atomic E-state index is 12.7. The van der Waals surface area contributed by atoms with Gasteiger partial charge in [-0.2, -0.15) is 0 Å². The molecule has 0 bridgehead atoms. The molecule has 0 fully saturated rings. The van der Waals surface area contributed by atoms with Gasteiger partial charge in [-0.15, -0.1) is 0 Å². The van der Waals surface area contributed by atoms with Crippen LogP contribution in [0, 0.1) is 11.8 Å². The quantitative estimate of drug-likeness (QED) is 0.0346. The Bertz CT molecular complexity index is 870. The first-order valence-electron chi connectivity index (χ1n) is 25.2. The van der Waals surface area contributed by atoms with E-state index in [1.165, 1.54) is 167 Å². The molecule has 0 aromatic rings. The molecule has 0 heterocycles. The lowest BCUT2D eigenvalue weighted by molar-refractivity contribution is -0.167. The molecule has 0 rings (SSSR count). The number of hydrogen-bond acceptors (Lipinski definition) is 6. The standard InChI is InChI=1S/C51H98O6/c1-6-7-8-9-10-11-12-18-22-27-33-38-43-51(54)57-48(45-56-50(53)42-37-32-28-23-25-30-35-40-47(4)5)44-55-49(52)41-36-31-26-21-19-16-14-13-15-17-20-24-29-34-39-46(2)3/h46-48H,6-45H2,1-5H3/t48-/m0/s1. The minimum Gasteiger partial charge on any atom is -0.462 e. The van der Waals surface area contributed by atoms with Crippen molar-refractivity contribution in [2.75, 3.05) is 13.2 Å². The number of ether oxygens (including phenoxy) is 3. The number of hydrogen-bond donors (Lipinski definition) is 0. The molecule has 0 aromatic heterocycles. The van der Waals surface area contributed by atoms with Crippen LogP contribution in [0.5, 0.6) is 0 Å². The monoisotopic (exact) mass is 807 g/mol. The van der Waals surface area contributed by atoms with Crippen molar-refractivity contribution in [2.45, 2.75) is 285 Å². The first-order chi connectivity index (χ1) is 27.7. The van der Waals surface area contributed by atoms with Crippen LogP contribution in [0.25, 0.3) is 0 Å². The average molecular weight is 807 g/mol. The van der Waals surface area contributed by atoms with Gasteiger partial charge in [0.25, 0.3) is 0 Å². The van der Waals surface area contributed by atoms with Gasteiger partial charge in [0.1, 0.15) is 13.2 Å². The van der Waals surface area contributed by atoms with Crippen molar-refractivity contribution in [1.29, 1.82) is 0 Å². The van der Waals surface area contributed by atoms with Crippen LogP contribution < -0.4 is 0 Å². The van der Waals surface area contributed by atoms with Gasteiger partial charge in [-0.25, -0.2) is 0 Å². The van der Waals surface area contributed by atoms with Gasteiger partial charge in [0.2, 0.25) is 0 Å². The van der Waals surface area contributed by atoms with E-state index in [0.29, 0.717) is 19.3 Å². The lowest BCUT2D eigenvalue weighted by Crippen LogP contribution is -2.30. The molecule has 0 unspecified atom stereocenters. The highest BCUT2D eigenvalue weighted by Crippen LogP contribution is 2.17. The van der Waals surface area contributed by atoms with Gasteiger partial charge in [-0.1, -0.05) is 240 Å². The molecule has 57 heavy (non-hydrogen) atoms. The third-order valence-electron chi connectivity index (χ3n) is 11.5. The van der Waals surface area contributed by atoms with Crippen LogP contribution in [0.4, 0.5) is 0 Å². The van der Waals surface area contributed by atoms with Crippen molar-refractivity contribution >= 4 is 17.9 Å². The molecular formula is C51H98O6. The Balaban J connectivity index is 4.27. The molecule has 338 valence electrons. The lowest BCUT2D eigenvalue weighted by atomic mass is 10.0. The Morgan fingerprint density at radius 1 is 0.333 bits per heavy atom. The highest BCUT2D eigenvalue weighted by molar-refractivity contribution is 5.71. The van der Waals surface area contributed by atoms with Crippen LogP contribution >= 0.6 is 0 Å². The molecular weight excluding hydrogens is 709 g/mol. The van der Waals surface area contributed by atoms with E-state index in [0.717, 1.165) is 69.6 Å². The predicted molar refractivity (Wildman–Crippen MR) is 243 cm³/mol. The zero-order chi connectivity index (χ0) is 41.9. The molecule has 0 saturated carbocycles. The molecule has 1 atom stereocenters. The fraction of sp³-hybridized carbons (Fsp3) is 0.941. The van der Waals surface area contributed by atoms with Crippen LogP contribution in [0.1, 0.15) is 279 Å². The van der Waals surface area contributed by atoms with E-state index >= 15 is 0 Å². The highest BCUT2D eigenvalue weighted by atomic mass is 16.6. The van der Waals surface area contributed by atoms with Gasteiger partial charge >= 0.3 is 17.9 Å². The predicted octanol–water partition coefficient (Wildman–Crippen LogP) is 16.1. The first-order valence-corrected chi connectivity index (χ1v) is 25.2. The summed E-state index contributed by atoms with van der Waals surface area (Å²) in [5.74, 6) is 0.774. The van der Waals surface area contributed by atoms with Crippen LogP contribution in [0.3, 0.4) is 0 Å². The number of unbranched alkanes of at least 4 members (excludes halogenated alkanes) is 30. The molecule has 0 spiro atoms. The average Bonchev–Trinajstić information content (AvgIpc) is 3.18. The van der Waals surface area contributed by atoms with Gasteiger partial charge in [-0.05, 0) is 31.1 Å². The second-order valence-corrected chi connectivity index (χ2v) is 18.4. The van der Waals surface area contributed by atoms with E-state index in [1.807, 2.05) is 0 Å². The number of carbonyl (C=O) groups excluding carboxylic acids is 3. The fourth-order valence-corrected chi connectivity index (χ4v) is 7.64. The van der Waals surface area contributed by atoms with Crippen molar-refractivity contribution in [3.63, 3.8) is 0 Å². The SMILES string of the molecule is CCCCCCCCCCCCCCC(=O)O[C@@H](COC(=O)CCCCCCCCCCCCCCCCC(C)C)COC(=O)CCCCCCCCCC(C)C. The van der Waals surface area contributed by atoms with E-state index < -0.39 is 6.10 Å². The summed E-state index contributed by atoms with van der Waals surface area (Å²) in [5, 5.41) is 0. The summed E-state index contributed by atoms with van der Waals surface area (Å²) in [6.45, 7) is 11.3. The molecule has 0 saturated heterocycles. The van der Waals surface area contributed by atoms with E-state index in [4.69, 9.17) is 14.2 Å². The van der Waals surface area contributed by atoms with Crippen molar-refractivity contribution in [3.05, 3.63) is 0 Å². The van der Waals surface area contributed by atoms with Gasteiger partial charge in [0, 0.05) is 19.3 Å². The molecule has 0 aromatic carbocycles. The summed E-state index contributed by atoms with van der Waals surface area (Å²) >= 11 is 0. The number of rotatable bonds is 45. The number of esters is 3. The van der Waals surface area contributed by atoms with Crippen molar-refractivity contribution in [2.24, 2.45) is 11.8 Å². The molecule has 0 aliphatic rings.